The summed E-state index contributed by atoms with van der Waals surface area (Å²) in [7, 11) is -3.39. The second-order valence-electron chi connectivity index (χ2n) is 4.73. The van der Waals surface area contributed by atoms with Crippen LogP contribution in [0.2, 0.25) is 0 Å². The van der Waals surface area contributed by atoms with Crippen LogP contribution in [0, 0.1) is 17.2 Å². The maximum Gasteiger partial charge on any atom is 0.221 e. The highest BCUT2D eigenvalue weighted by atomic mass is 32.2. The van der Waals surface area contributed by atoms with Gasteiger partial charge in [-0.25, -0.2) is 13.1 Å². The highest BCUT2D eigenvalue weighted by Crippen LogP contribution is 2.31. The summed E-state index contributed by atoms with van der Waals surface area (Å²) in [5.41, 5.74) is 0. The van der Waals surface area contributed by atoms with E-state index in [1.54, 1.807) is 19.1 Å². The molecule has 5 heteroatoms. The number of nitrogens with one attached hydrogen (secondary N) is 1. The number of nitriles is 1. The van der Waals surface area contributed by atoms with Crippen molar-refractivity contribution in [2.75, 3.05) is 6.54 Å². The highest BCUT2D eigenvalue weighted by Gasteiger charge is 2.41. The zero-order valence-electron chi connectivity index (χ0n) is 10.9. The van der Waals surface area contributed by atoms with Crippen LogP contribution in [0.5, 0.6) is 0 Å². The summed E-state index contributed by atoms with van der Waals surface area (Å²) >= 11 is 0. The molecule has 0 aromatic carbocycles. The van der Waals surface area contributed by atoms with Gasteiger partial charge in [0.05, 0.1) is 6.07 Å². The molecule has 100 valence electrons. The van der Waals surface area contributed by atoms with Crippen LogP contribution in [0.15, 0.2) is 24.3 Å². The lowest BCUT2D eigenvalue weighted by molar-refractivity contribution is 0.500. The molecule has 0 aromatic rings. The van der Waals surface area contributed by atoms with Crippen molar-refractivity contribution in [1.82, 2.24) is 4.72 Å². The Morgan fingerprint density at radius 2 is 2.11 bits per heavy atom. The largest absolute Gasteiger partial charge is 0.221 e. The van der Waals surface area contributed by atoms with Gasteiger partial charge in [0, 0.05) is 13.0 Å². The molecule has 18 heavy (non-hydrogen) atoms. The molecule has 0 radical (unpaired) electrons. The molecular weight excluding hydrogens is 248 g/mol. The fourth-order valence-corrected chi connectivity index (χ4v) is 3.40. The molecule has 1 aliphatic carbocycles. The molecule has 0 bridgehead atoms. The van der Waals surface area contributed by atoms with E-state index in [1.165, 1.54) is 0 Å². The summed E-state index contributed by atoms with van der Waals surface area (Å²) in [6, 6.07) is 2.05. The Hall–Kier alpha value is -1.12. The predicted molar refractivity (Wildman–Crippen MR) is 72.2 cm³/mol. The van der Waals surface area contributed by atoms with Gasteiger partial charge in [-0.15, -0.1) is 0 Å². The maximum absolute atomic E-state index is 12.3. The van der Waals surface area contributed by atoms with Gasteiger partial charge in [0.25, 0.3) is 0 Å². The highest BCUT2D eigenvalue weighted by molar-refractivity contribution is 7.91. The Labute approximate surface area is 109 Å². The number of hydrogen-bond donors (Lipinski definition) is 1. The van der Waals surface area contributed by atoms with Crippen LogP contribution >= 0.6 is 0 Å². The SMILES string of the molecule is CC1C=CC=CC1(C)S(=O)(=O)NCCCCC#N. The Balaban J connectivity index is 2.61. The third kappa shape index (κ3) is 3.21. The van der Waals surface area contributed by atoms with Gasteiger partial charge in [0.1, 0.15) is 4.75 Å². The van der Waals surface area contributed by atoms with Crippen LogP contribution in [0.3, 0.4) is 0 Å². The molecule has 2 unspecified atom stereocenters. The van der Waals surface area contributed by atoms with Crippen LogP contribution < -0.4 is 4.72 Å². The van der Waals surface area contributed by atoms with Crippen molar-refractivity contribution in [3.05, 3.63) is 24.3 Å². The Morgan fingerprint density at radius 1 is 1.39 bits per heavy atom. The Kier molecular flexibility index (Phi) is 5.12. The lowest BCUT2D eigenvalue weighted by Gasteiger charge is -2.32. The van der Waals surface area contributed by atoms with Gasteiger partial charge in [-0.2, -0.15) is 5.26 Å². The third-order valence-electron chi connectivity index (χ3n) is 3.43. The normalized spacial score (nSPS) is 27.1. The third-order valence-corrected chi connectivity index (χ3v) is 5.68. The van der Waals surface area contributed by atoms with E-state index >= 15 is 0 Å². The second-order valence-corrected chi connectivity index (χ2v) is 6.90. The van der Waals surface area contributed by atoms with E-state index < -0.39 is 14.8 Å². The van der Waals surface area contributed by atoms with E-state index in [1.807, 2.05) is 25.1 Å². The molecule has 0 aliphatic heterocycles. The standard InChI is InChI=1S/C13H20N2O2S/c1-12-8-4-5-9-13(12,2)18(16,17)15-11-7-3-6-10-14/h4-5,8-9,12,15H,3,6-7,11H2,1-2H3. The first-order valence-corrected chi connectivity index (χ1v) is 7.64. The van der Waals surface area contributed by atoms with Gasteiger partial charge in [-0.05, 0) is 25.7 Å². The van der Waals surface area contributed by atoms with Gasteiger partial charge in [-0.1, -0.05) is 31.2 Å². The first-order chi connectivity index (χ1) is 8.44. The van der Waals surface area contributed by atoms with Crippen LogP contribution in [0.4, 0.5) is 0 Å². The Bertz CT molecular complexity index is 474. The van der Waals surface area contributed by atoms with E-state index in [-0.39, 0.29) is 5.92 Å². The summed E-state index contributed by atoms with van der Waals surface area (Å²) < 4.78 is 26.3. The molecule has 1 aliphatic rings. The lowest BCUT2D eigenvalue weighted by atomic mass is 9.91. The topological polar surface area (TPSA) is 70.0 Å². The van der Waals surface area contributed by atoms with Gasteiger partial charge in [0.2, 0.25) is 10.0 Å². The average molecular weight is 268 g/mol. The van der Waals surface area contributed by atoms with E-state index in [0.29, 0.717) is 19.4 Å². The smallest absolute Gasteiger partial charge is 0.214 e. The minimum atomic E-state index is -3.39. The summed E-state index contributed by atoms with van der Waals surface area (Å²) in [6.07, 6.45) is 9.16. The Morgan fingerprint density at radius 3 is 2.72 bits per heavy atom. The monoisotopic (exact) mass is 268 g/mol. The number of allylic oxidation sites excluding steroid dienone is 3. The molecule has 1 N–H and O–H groups in total. The van der Waals surface area contributed by atoms with Gasteiger partial charge in [-0.3, -0.25) is 0 Å². The number of hydrogen-bond acceptors (Lipinski definition) is 3. The van der Waals surface area contributed by atoms with Crippen molar-refractivity contribution in [3.63, 3.8) is 0 Å². The van der Waals surface area contributed by atoms with E-state index in [2.05, 4.69) is 4.72 Å². The van der Waals surface area contributed by atoms with Crippen molar-refractivity contribution in [2.24, 2.45) is 5.92 Å². The van der Waals surface area contributed by atoms with Crippen LogP contribution in [0.25, 0.3) is 0 Å². The zero-order valence-corrected chi connectivity index (χ0v) is 11.7. The number of unbranched alkanes of at least 4 members (excludes halogenated alkanes) is 2. The van der Waals surface area contributed by atoms with E-state index in [4.69, 9.17) is 5.26 Å². The minimum Gasteiger partial charge on any atom is -0.214 e. The van der Waals surface area contributed by atoms with Crippen LogP contribution in [-0.4, -0.2) is 19.7 Å². The molecule has 0 amide bonds. The van der Waals surface area contributed by atoms with Crippen molar-refractivity contribution >= 4 is 10.0 Å². The van der Waals surface area contributed by atoms with Gasteiger partial charge in [0.15, 0.2) is 0 Å². The summed E-state index contributed by atoms with van der Waals surface area (Å²) in [5, 5.41) is 8.40. The molecule has 0 saturated heterocycles. The van der Waals surface area contributed by atoms with Gasteiger partial charge >= 0.3 is 0 Å². The molecule has 0 saturated carbocycles. The van der Waals surface area contributed by atoms with Crippen LogP contribution in [0.1, 0.15) is 33.1 Å². The predicted octanol–water partition coefficient (Wildman–Crippen LogP) is 2.12. The number of rotatable bonds is 6. The van der Waals surface area contributed by atoms with Crippen molar-refractivity contribution in [1.29, 1.82) is 5.26 Å². The molecule has 1 rings (SSSR count). The van der Waals surface area contributed by atoms with Crippen molar-refractivity contribution < 1.29 is 8.42 Å². The molecule has 2 atom stereocenters. The number of nitrogens with zero attached hydrogens (tertiary/aromatic N) is 1. The first-order valence-electron chi connectivity index (χ1n) is 6.16. The molecule has 0 fully saturated rings. The quantitative estimate of drug-likeness (QED) is 0.750. The average Bonchev–Trinajstić information content (AvgIpc) is 2.32. The molecule has 0 aromatic heterocycles. The van der Waals surface area contributed by atoms with E-state index in [9.17, 15) is 8.42 Å². The fourth-order valence-electron chi connectivity index (χ4n) is 1.85. The van der Waals surface area contributed by atoms with Crippen molar-refractivity contribution in [3.8, 4) is 6.07 Å². The lowest BCUT2D eigenvalue weighted by Crippen LogP contribution is -2.47. The fraction of sp³-hybridized carbons (Fsp3) is 0.615. The van der Waals surface area contributed by atoms with E-state index in [0.717, 1.165) is 6.42 Å². The molecule has 0 heterocycles. The van der Waals surface area contributed by atoms with Crippen molar-refractivity contribution in [2.45, 2.75) is 37.9 Å². The number of sulfonamides is 1. The maximum atomic E-state index is 12.3. The zero-order chi connectivity index (χ0) is 13.6. The molecule has 0 spiro atoms. The first kappa shape index (κ1) is 14.9. The van der Waals surface area contributed by atoms with Gasteiger partial charge < -0.3 is 0 Å². The second kappa shape index (κ2) is 6.17. The summed E-state index contributed by atoms with van der Waals surface area (Å²) in [5.74, 6) is -0.0564. The van der Waals surface area contributed by atoms with Crippen LogP contribution in [-0.2, 0) is 10.0 Å². The summed E-state index contributed by atoms with van der Waals surface area (Å²) in [6.45, 7) is 4.02. The molecule has 4 nitrogen and oxygen atoms in total. The molecular formula is C13H20N2O2S. The summed E-state index contributed by atoms with van der Waals surface area (Å²) in [4.78, 5) is 0. The minimum absolute atomic E-state index is 0.0564.